The Hall–Kier alpha value is -2.10. The Bertz CT molecular complexity index is 579. The summed E-state index contributed by atoms with van der Waals surface area (Å²) in [4.78, 5) is 17.5. The fraction of sp³-hybridized carbons (Fsp3) is 0.500. The molecule has 0 bridgehead atoms. The third-order valence-corrected chi connectivity index (χ3v) is 3.48. The van der Waals surface area contributed by atoms with Crippen molar-refractivity contribution in [3.63, 3.8) is 0 Å². The summed E-state index contributed by atoms with van der Waals surface area (Å²) in [5, 5.41) is 14.7. The average Bonchev–Trinajstić information content (AvgIpc) is 3.04. The third-order valence-electron chi connectivity index (χ3n) is 2.65. The highest BCUT2D eigenvalue weighted by Gasteiger charge is 2.14. The van der Waals surface area contributed by atoms with Crippen LogP contribution in [-0.2, 0) is 17.9 Å². The number of aryl methyl sites for hydroxylation is 1. The molecule has 9 nitrogen and oxygen atoms in total. The van der Waals surface area contributed by atoms with Gasteiger partial charge in [0.1, 0.15) is 6.33 Å². The van der Waals surface area contributed by atoms with Crippen LogP contribution in [0.2, 0.25) is 0 Å². The molecule has 0 radical (unpaired) electrons. The lowest BCUT2D eigenvalue weighted by Crippen LogP contribution is -2.29. The number of thioether (sulfide) groups is 1. The zero-order valence-electron chi connectivity index (χ0n) is 11.3. The minimum Gasteiger partial charge on any atom is -0.368 e. The minimum absolute atomic E-state index is 0.0379. The topological polar surface area (TPSA) is 119 Å². The van der Waals surface area contributed by atoms with Gasteiger partial charge < -0.3 is 15.2 Å². The van der Waals surface area contributed by atoms with E-state index in [0.29, 0.717) is 11.7 Å². The van der Waals surface area contributed by atoms with E-state index < -0.39 is 0 Å². The van der Waals surface area contributed by atoms with Crippen LogP contribution in [0.25, 0.3) is 0 Å². The highest BCUT2D eigenvalue weighted by Crippen LogP contribution is 2.13. The molecule has 0 atom stereocenters. The number of carbonyl (C=O) groups is 1. The minimum atomic E-state index is -0.0379. The fourth-order valence-corrected chi connectivity index (χ4v) is 2.27. The summed E-state index contributed by atoms with van der Waals surface area (Å²) in [5.74, 6) is 1.21. The number of aromatic nitrogens is 6. The predicted molar refractivity (Wildman–Crippen MR) is 73.7 cm³/mol. The molecular formula is C10H16N8OS. The molecular weight excluding hydrogens is 280 g/mol. The van der Waals surface area contributed by atoms with E-state index in [4.69, 9.17) is 5.73 Å². The summed E-state index contributed by atoms with van der Waals surface area (Å²) in [6.45, 7) is 3.19. The van der Waals surface area contributed by atoms with Gasteiger partial charge in [-0.05, 0) is 6.92 Å². The Balaban J connectivity index is 1.86. The first-order valence-corrected chi connectivity index (χ1v) is 7.00. The number of carbonyl (C=O) groups excluding carboxylic acids is 1. The zero-order valence-corrected chi connectivity index (χ0v) is 12.1. The molecule has 3 N–H and O–H groups in total. The zero-order chi connectivity index (χ0) is 14.5. The molecule has 2 aromatic rings. The average molecular weight is 296 g/mol. The van der Waals surface area contributed by atoms with Gasteiger partial charge in [-0.1, -0.05) is 11.8 Å². The Kier molecular flexibility index (Phi) is 4.56. The summed E-state index contributed by atoms with van der Waals surface area (Å²) < 4.78 is 1.90. The maximum Gasteiger partial charge on any atom is 0.233 e. The van der Waals surface area contributed by atoms with Crippen molar-refractivity contribution in [3.8, 4) is 0 Å². The molecule has 0 saturated carbocycles. The second kappa shape index (κ2) is 6.37. The van der Waals surface area contributed by atoms with Crippen LogP contribution in [0.1, 0.15) is 12.7 Å². The summed E-state index contributed by atoms with van der Waals surface area (Å²) in [6, 6.07) is 0. The second-order valence-electron chi connectivity index (χ2n) is 4.07. The normalized spacial score (nSPS) is 10.7. The first kappa shape index (κ1) is 14.3. The smallest absolute Gasteiger partial charge is 0.233 e. The number of nitrogen functional groups attached to an aromatic ring is 1. The van der Waals surface area contributed by atoms with Crippen LogP contribution < -0.4 is 5.73 Å². The Morgan fingerprint density at radius 2 is 2.40 bits per heavy atom. The highest BCUT2D eigenvalue weighted by molar-refractivity contribution is 7.99. The maximum absolute atomic E-state index is 12.0. The van der Waals surface area contributed by atoms with Crippen LogP contribution in [0.3, 0.4) is 0 Å². The quantitative estimate of drug-likeness (QED) is 0.705. The molecule has 0 spiro atoms. The molecule has 2 aromatic heterocycles. The van der Waals surface area contributed by atoms with E-state index >= 15 is 0 Å². The van der Waals surface area contributed by atoms with Gasteiger partial charge in [-0.2, -0.15) is 4.98 Å². The van der Waals surface area contributed by atoms with Crippen LogP contribution in [-0.4, -0.2) is 53.6 Å². The van der Waals surface area contributed by atoms with Gasteiger partial charge in [0.05, 0.1) is 12.3 Å². The first-order chi connectivity index (χ1) is 9.60. The first-order valence-electron chi connectivity index (χ1n) is 6.01. The Morgan fingerprint density at radius 1 is 1.60 bits per heavy atom. The maximum atomic E-state index is 12.0. The molecule has 0 aliphatic rings. The molecule has 108 valence electrons. The van der Waals surface area contributed by atoms with E-state index in [-0.39, 0.29) is 17.6 Å². The van der Waals surface area contributed by atoms with Gasteiger partial charge in [0, 0.05) is 13.6 Å². The van der Waals surface area contributed by atoms with E-state index in [9.17, 15) is 4.79 Å². The summed E-state index contributed by atoms with van der Waals surface area (Å²) in [5.41, 5.74) is 5.41. The van der Waals surface area contributed by atoms with Gasteiger partial charge in [0.25, 0.3) is 0 Å². The molecule has 1 amide bonds. The van der Waals surface area contributed by atoms with E-state index in [1.165, 1.54) is 11.8 Å². The molecule has 0 aliphatic carbocycles. The molecule has 20 heavy (non-hydrogen) atoms. The Morgan fingerprint density at radius 3 is 3.05 bits per heavy atom. The van der Waals surface area contributed by atoms with Crippen LogP contribution in [0, 0.1) is 0 Å². The predicted octanol–water partition coefficient (Wildman–Crippen LogP) is -0.251. The van der Waals surface area contributed by atoms with Crippen molar-refractivity contribution in [2.75, 3.05) is 18.5 Å². The van der Waals surface area contributed by atoms with Crippen molar-refractivity contribution in [1.29, 1.82) is 0 Å². The van der Waals surface area contributed by atoms with Crippen molar-refractivity contribution in [3.05, 3.63) is 12.2 Å². The van der Waals surface area contributed by atoms with Crippen molar-refractivity contribution in [2.24, 2.45) is 0 Å². The number of rotatable bonds is 6. The summed E-state index contributed by atoms with van der Waals surface area (Å²) in [7, 11) is 1.73. The fourth-order valence-electron chi connectivity index (χ4n) is 1.52. The lowest BCUT2D eigenvalue weighted by molar-refractivity contribution is -0.127. The van der Waals surface area contributed by atoms with Crippen molar-refractivity contribution >= 4 is 23.6 Å². The molecule has 2 rings (SSSR count). The molecule has 0 saturated heterocycles. The van der Waals surface area contributed by atoms with Crippen LogP contribution in [0.5, 0.6) is 0 Å². The lowest BCUT2D eigenvalue weighted by Gasteiger charge is -2.16. The van der Waals surface area contributed by atoms with Crippen molar-refractivity contribution < 1.29 is 4.79 Å². The van der Waals surface area contributed by atoms with E-state index in [1.807, 2.05) is 11.5 Å². The van der Waals surface area contributed by atoms with Gasteiger partial charge in [-0.25, -0.2) is 5.10 Å². The molecule has 10 heteroatoms. The number of nitrogens with one attached hydrogen (secondary N) is 1. The SMILES string of the molecule is CCn1cnnc1CN(C)C(=O)CSc1n[nH]c(N)n1. The number of hydrogen-bond donors (Lipinski definition) is 2. The third kappa shape index (κ3) is 3.47. The number of H-pyrrole nitrogens is 1. The number of aromatic amines is 1. The molecule has 0 aromatic carbocycles. The van der Waals surface area contributed by atoms with Crippen LogP contribution >= 0.6 is 11.8 Å². The van der Waals surface area contributed by atoms with Gasteiger partial charge in [-0.3, -0.25) is 4.79 Å². The number of hydrogen-bond acceptors (Lipinski definition) is 7. The van der Waals surface area contributed by atoms with Gasteiger partial charge in [0.15, 0.2) is 5.82 Å². The number of nitrogens with two attached hydrogens (primary N) is 1. The van der Waals surface area contributed by atoms with Gasteiger partial charge in [-0.15, -0.1) is 15.3 Å². The molecule has 0 fully saturated rings. The molecule has 0 unspecified atom stereocenters. The largest absolute Gasteiger partial charge is 0.368 e. The summed E-state index contributed by atoms with van der Waals surface area (Å²) >= 11 is 1.23. The number of nitrogens with zero attached hydrogens (tertiary/aromatic N) is 6. The van der Waals surface area contributed by atoms with Crippen LogP contribution in [0.15, 0.2) is 11.5 Å². The van der Waals surface area contributed by atoms with E-state index in [2.05, 4.69) is 25.4 Å². The van der Waals surface area contributed by atoms with E-state index in [0.717, 1.165) is 12.4 Å². The highest BCUT2D eigenvalue weighted by atomic mass is 32.2. The van der Waals surface area contributed by atoms with E-state index in [1.54, 1.807) is 18.3 Å². The molecule has 2 heterocycles. The van der Waals surface area contributed by atoms with Crippen molar-refractivity contribution in [1.82, 2.24) is 34.8 Å². The lowest BCUT2D eigenvalue weighted by atomic mass is 10.5. The standard InChI is InChI=1S/C10H16N8OS/c1-3-18-6-12-14-7(18)4-17(2)8(19)5-20-10-13-9(11)15-16-10/h6H,3-5H2,1-2H3,(H3,11,13,15,16). The number of anilines is 1. The van der Waals surface area contributed by atoms with Gasteiger partial charge >= 0.3 is 0 Å². The van der Waals surface area contributed by atoms with Gasteiger partial charge in [0.2, 0.25) is 17.0 Å². The number of amides is 1. The van der Waals surface area contributed by atoms with Crippen molar-refractivity contribution in [2.45, 2.75) is 25.2 Å². The van der Waals surface area contributed by atoms with Crippen LogP contribution in [0.4, 0.5) is 5.95 Å². The second-order valence-corrected chi connectivity index (χ2v) is 5.02. The summed E-state index contributed by atoms with van der Waals surface area (Å²) in [6.07, 6.45) is 1.65. The Labute approximate surface area is 120 Å². The molecule has 0 aliphatic heterocycles. The monoisotopic (exact) mass is 296 g/mol.